The predicted octanol–water partition coefficient (Wildman–Crippen LogP) is 2.55. The van der Waals surface area contributed by atoms with E-state index >= 15 is 0 Å². The van der Waals surface area contributed by atoms with E-state index in [-0.39, 0.29) is 18.5 Å². The van der Waals surface area contributed by atoms with Gasteiger partial charge >= 0.3 is 6.01 Å². The average molecular weight is 382 g/mol. The van der Waals surface area contributed by atoms with Crippen LogP contribution in [-0.2, 0) is 11.3 Å². The zero-order valence-corrected chi connectivity index (χ0v) is 15.1. The second kappa shape index (κ2) is 7.82. The summed E-state index contributed by atoms with van der Waals surface area (Å²) in [6.45, 7) is 2.68. The molecule has 3 heterocycles. The minimum Gasteiger partial charge on any atom is -0.482 e. The molecule has 1 aliphatic rings. The fraction of sp³-hybridized carbons (Fsp3) is 0.222. The number of anilines is 4. The topological polar surface area (TPSA) is 123 Å². The average Bonchev–Trinajstić information content (AvgIpc) is 3.20. The molecular weight excluding hydrogens is 364 g/mol. The van der Waals surface area contributed by atoms with E-state index in [0.29, 0.717) is 42.2 Å². The molecule has 0 bridgehead atoms. The van der Waals surface area contributed by atoms with Gasteiger partial charge in [0.25, 0.3) is 5.91 Å². The quantitative estimate of drug-likeness (QED) is 0.565. The SMILES string of the molecule is CCOc1nc(NCc2ccco2)nc(Nc2ccc3c(c2)OCC(=O)N3)n1. The lowest BCUT2D eigenvalue weighted by Crippen LogP contribution is -2.25. The maximum absolute atomic E-state index is 11.4. The first-order valence-corrected chi connectivity index (χ1v) is 8.68. The lowest BCUT2D eigenvalue weighted by Gasteiger charge is -2.18. The number of hydrogen-bond donors (Lipinski definition) is 3. The molecule has 0 atom stereocenters. The van der Waals surface area contributed by atoms with E-state index in [1.807, 2.05) is 19.1 Å². The number of aromatic nitrogens is 3. The molecule has 0 saturated carbocycles. The second-order valence-electron chi connectivity index (χ2n) is 5.80. The normalized spacial score (nSPS) is 12.5. The minimum atomic E-state index is -0.181. The summed E-state index contributed by atoms with van der Waals surface area (Å²) in [7, 11) is 0. The van der Waals surface area contributed by atoms with E-state index in [0.717, 1.165) is 5.76 Å². The molecule has 3 aromatic rings. The van der Waals surface area contributed by atoms with E-state index < -0.39 is 0 Å². The molecule has 0 radical (unpaired) electrons. The first kappa shape index (κ1) is 17.6. The Bertz CT molecular complexity index is 976. The zero-order chi connectivity index (χ0) is 19.3. The van der Waals surface area contributed by atoms with Crippen molar-refractivity contribution >= 4 is 29.2 Å². The lowest BCUT2D eigenvalue weighted by atomic mass is 10.2. The number of carbonyl (C=O) groups is 1. The van der Waals surface area contributed by atoms with Crippen LogP contribution in [0.2, 0.25) is 0 Å². The highest BCUT2D eigenvalue weighted by Crippen LogP contribution is 2.31. The monoisotopic (exact) mass is 382 g/mol. The number of hydrogen-bond acceptors (Lipinski definition) is 9. The Morgan fingerprint density at radius 3 is 2.93 bits per heavy atom. The van der Waals surface area contributed by atoms with Crippen molar-refractivity contribution in [3.8, 4) is 11.8 Å². The van der Waals surface area contributed by atoms with Crippen LogP contribution in [0.15, 0.2) is 41.0 Å². The molecule has 0 spiro atoms. The first-order valence-electron chi connectivity index (χ1n) is 8.68. The molecule has 1 aromatic carbocycles. The summed E-state index contributed by atoms with van der Waals surface area (Å²) in [5, 5.41) is 8.92. The van der Waals surface area contributed by atoms with Crippen molar-refractivity contribution in [1.82, 2.24) is 15.0 Å². The van der Waals surface area contributed by atoms with Gasteiger partial charge in [0.1, 0.15) is 11.5 Å². The van der Waals surface area contributed by atoms with Gasteiger partial charge in [-0.15, -0.1) is 0 Å². The van der Waals surface area contributed by atoms with Crippen LogP contribution in [0.1, 0.15) is 12.7 Å². The van der Waals surface area contributed by atoms with Crippen LogP contribution in [0.4, 0.5) is 23.3 Å². The standard InChI is InChI=1S/C18H18N6O4/c1-2-26-18-23-16(19-9-12-4-3-7-27-12)22-17(24-18)20-11-5-6-13-14(8-11)28-10-15(25)21-13/h3-8H,2,9-10H2,1H3,(H,21,25)(H2,19,20,22,23,24). The van der Waals surface area contributed by atoms with Crippen LogP contribution in [0.25, 0.3) is 0 Å². The van der Waals surface area contributed by atoms with Gasteiger partial charge in [-0.05, 0) is 31.2 Å². The van der Waals surface area contributed by atoms with Gasteiger partial charge in [-0.25, -0.2) is 0 Å². The number of furan rings is 1. The second-order valence-corrected chi connectivity index (χ2v) is 5.80. The van der Waals surface area contributed by atoms with Gasteiger partial charge in [-0.2, -0.15) is 15.0 Å². The molecule has 0 unspecified atom stereocenters. The summed E-state index contributed by atoms with van der Waals surface area (Å²) in [4.78, 5) is 24.2. The van der Waals surface area contributed by atoms with Crippen molar-refractivity contribution in [2.45, 2.75) is 13.5 Å². The van der Waals surface area contributed by atoms with Crippen LogP contribution < -0.4 is 25.4 Å². The number of amides is 1. The van der Waals surface area contributed by atoms with Crippen LogP contribution in [0.5, 0.6) is 11.8 Å². The molecule has 1 amide bonds. The molecule has 10 heteroatoms. The van der Waals surface area contributed by atoms with Gasteiger partial charge in [0.05, 0.1) is 25.1 Å². The minimum absolute atomic E-state index is 0.0163. The number of benzene rings is 1. The third kappa shape index (κ3) is 4.11. The first-order chi connectivity index (χ1) is 13.7. The Morgan fingerprint density at radius 2 is 2.11 bits per heavy atom. The predicted molar refractivity (Wildman–Crippen MR) is 101 cm³/mol. The summed E-state index contributed by atoms with van der Waals surface area (Å²) in [6.07, 6.45) is 1.60. The fourth-order valence-corrected chi connectivity index (χ4v) is 2.55. The third-order valence-electron chi connectivity index (χ3n) is 3.76. The summed E-state index contributed by atoms with van der Waals surface area (Å²) in [5.41, 5.74) is 1.31. The van der Waals surface area contributed by atoms with Crippen molar-refractivity contribution in [3.05, 3.63) is 42.4 Å². The Labute approximate surface area is 160 Å². The molecule has 28 heavy (non-hydrogen) atoms. The van der Waals surface area contributed by atoms with Crippen LogP contribution in [0, 0.1) is 0 Å². The van der Waals surface area contributed by atoms with E-state index in [9.17, 15) is 4.79 Å². The molecule has 0 saturated heterocycles. The van der Waals surface area contributed by atoms with E-state index in [4.69, 9.17) is 13.9 Å². The highest BCUT2D eigenvalue weighted by Gasteiger charge is 2.16. The lowest BCUT2D eigenvalue weighted by molar-refractivity contribution is -0.118. The largest absolute Gasteiger partial charge is 0.482 e. The molecule has 0 aliphatic carbocycles. The van der Waals surface area contributed by atoms with Crippen molar-refractivity contribution in [3.63, 3.8) is 0 Å². The number of nitrogens with zero attached hydrogens (tertiary/aromatic N) is 3. The maximum Gasteiger partial charge on any atom is 0.323 e. The molecular formula is C18H18N6O4. The van der Waals surface area contributed by atoms with Crippen LogP contribution >= 0.6 is 0 Å². The van der Waals surface area contributed by atoms with Gasteiger partial charge in [0.15, 0.2) is 6.61 Å². The van der Waals surface area contributed by atoms with Gasteiger partial charge in [0.2, 0.25) is 11.9 Å². The third-order valence-corrected chi connectivity index (χ3v) is 3.76. The number of nitrogens with one attached hydrogen (secondary N) is 3. The zero-order valence-electron chi connectivity index (χ0n) is 15.1. The molecule has 3 N–H and O–H groups in total. The Kier molecular flexibility index (Phi) is 4.91. The molecule has 144 valence electrons. The van der Waals surface area contributed by atoms with Crippen molar-refractivity contribution in [2.24, 2.45) is 0 Å². The summed E-state index contributed by atoms with van der Waals surface area (Å²) < 4.78 is 16.1. The Hall–Kier alpha value is -3.82. The summed E-state index contributed by atoms with van der Waals surface area (Å²) in [6, 6.07) is 9.15. The van der Waals surface area contributed by atoms with E-state index in [1.165, 1.54) is 0 Å². The summed E-state index contributed by atoms with van der Waals surface area (Å²) in [5.74, 6) is 1.79. The molecule has 0 fully saturated rings. The number of fused-ring (bicyclic) bond motifs is 1. The van der Waals surface area contributed by atoms with Gasteiger partial charge in [0, 0.05) is 11.8 Å². The van der Waals surface area contributed by atoms with Gasteiger partial charge < -0.3 is 29.8 Å². The fourth-order valence-electron chi connectivity index (χ4n) is 2.55. The molecule has 1 aliphatic heterocycles. The molecule has 2 aromatic heterocycles. The van der Waals surface area contributed by atoms with Gasteiger partial charge in [-0.1, -0.05) is 0 Å². The van der Waals surface area contributed by atoms with Crippen LogP contribution in [-0.4, -0.2) is 34.1 Å². The Balaban J connectivity index is 1.53. The van der Waals surface area contributed by atoms with E-state index in [2.05, 4.69) is 30.9 Å². The van der Waals surface area contributed by atoms with Crippen LogP contribution in [0.3, 0.4) is 0 Å². The molecule has 4 rings (SSSR count). The maximum atomic E-state index is 11.4. The Morgan fingerprint density at radius 1 is 1.21 bits per heavy atom. The molecule has 10 nitrogen and oxygen atoms in total. The van der Waals surface area contributed by atoms with Gasteiger partial charge in [-0.3, -0.25) is 4.79 Å². The highest BCUT2D eigenvalue weighted by atomic mass is 16.5. The van der Waals surface area contributed by atoms with Crippen molar-refractivity contribution in [2.75, 3.05) is 29.2 Å². The van der Waals surface area contributed by atoms with E-state index in [1.54, 1.807) is 24.5 Å². The number of rotatable bonds is 7. The van der Waals surface area contributed by atoms with Crippen molar-refractivity contribution < 1.29 is 18.7 Å². The highest BCUT2D eigenvalue weighted by molar-refractivity contribution is 5.95. The van der Waals surface area contributed by atoms with Crippen molar-refractivity contribution in [1.29, 1.82) is 0 Å². The number of carbonyl (C=O) groups excluding carboxylic acids is 1. The summed E-state index contributed by atoms with van der Waals surface area (Å²) >= 11 is 0. The smallest absolute Gasteiger partial charge is 0.323 e. The number of ether oxygens (including phenoxy) is 2.